The maximum Gasteiger partial charge on any atom is 0.253 e. The number of hydrogen-bond donors (Lipinski definition) is 1. The number of ether oxygens (including phenoxy) is 3. The van der Waals surface area contributed by atoms with E-state index in [2.05, 4.69) is 4.90 Å². The summed E-state index contributed by atoms with van der Waals surface area (Å²) in [6.45, 7) is 2.74. The molecule has 0 bridgehead atoms. The van der Waals surface area contributed by atoms with Gasteiger partial charge in [-0.05, 0) is 43.0 Å². The third-order valence-electron chi connectivity index (χ3n) is 10.3. The SMILES string of the molecule is COc1cc(O)c([C@H]2C3=CC[C@@H]4C(=O)N(c5ccc(N6CCOCC6)cc5)C(=O)[C@@H]4[C@@H]3C[C@@]3(Cl)C(=O)N(C)C(=O)[C@@]23Cl)c(OC)c1. The Morgan fingerprint density at radius 3 is 2.24 bits per heavy atom. The highest BCUT2D eigenvalue weighted by Crippen LogP contribution is 2.67. The van der Waals surface area contributed by atoms with Gasteiger partial charge in [0, 0.05) is 49.4 Å². The number of nitrogens with zero attached hydrogens (tertiary/aromatic N) is 3. The average Bonchev–Trinajstić information content (AvgIpc) is 3.40. The minimum absolute atomic E-state index is 0.140. The molecule has 2 aromatic rings. The molecule has 2 aliphatic carbocycles. The number of likely N-dealkylation sites (tertiary alicyclic amines) is 1. The van der Waals surface area contributed by atoms with E-state index in [4.69, 9.17) is 37.4 Å². The van der Waals surface area contributed by atoms with Crippen LogP contribution in [0.3, 0.4) is 0 Å². The summed E-state index contributed by atoms with van der Waals surface area (Å²) in [6.07, 6.45) is 1.85. The van der Waals surface area contributed by atoms with Gasteiger partial charge in [-0.25, -0.2) is 0 Å². The Bertz CT molecular complexity index is 1690. The second-order valence-corrected chi connectivity index (χ2v) is 13.6. The number of amides is 4. The van der Waals surface area contributed by atoms with E-state index in [1.54, 1.807) is 18.2 Å². The topological polar surface area (TPSA) is 126 Å². The standard InChI is InChI=1S/C33H33Cl2N3O8/c1-36-30(42)32(34)16-22-20(27(33(32,35)31(36)43)26-23(39)14-19(44-2)15-24(26)45-3)8-9-21-25(22)29(41)38(28(21)40)18-6-4-17(5-7-18)37-10-12-46-13-11-37/h4-8,14-15,21-22,25,27,39H,9-13,16H2,1-3H3/t21-,22+,25-,27+,32+,33-/m0/s1. The molecule has 13 heteroatoms. The summed E-state index contributed by atoms with van der Waals surface area (Å²) in [7, 11) is 4.14. The Morgan fingerprint density at radius 2 is 1.59 bits per heavy atom. The third-order valence-corrected chi connectivity index (χ3v) is 11.7. The van der Waals surface area contributed by atoms with Crippen LogP contribution in [0.2, 0.25) is 0 Å². The van der Waals surface area contributed by atoms with Crippen molar-refractivity contribution in [2.45, 2.75) is 28.5 Å². The van der Waals surface area contributed by atoms with E-state index in [-0.39, 0.29) is 35.8 Å². The summed E-state index contributed by atoms with van der Waals surface area (Å²) in [4.78, 5) is 56.1. The van der Waals surface area contributed by atoms with Gasteiger partial charge in [0.15, 0.2) is 9.75 Å². The summed E-state index contributed by atoms with van der Waals surface area (Å²) in [5, 5.41) is 11.4. The molecule has 1 saturated carbocycles. The van der Waals surface area contributed by atoms with Gasteiger partial charge in [-0.15, -0.1) is 23.2 Å². The lowest BCUT2D eigenvalue weighted by atomic mass is 9.56. The summed E-state index contributed by atoms with van der Waals surface area (Å²) < 4.78 is 16.4. The van der Waals surface area contributed by atoms with Crippen LogP contribution in [-0.4, -0.2) is 91.0 Å². The van der Waals surface area contributed by atoms with Crippen molar-refractivity contribution in [1.82, 2.24) is 4.90 Å². The van der Waals surface area contributed by atoms with E-state index >= 15 is 0 Å². The molecular weight excluding hydrogens is 637 g/mol. The van der Waals surface area contributed by atoms with Gasteiger partial charge in [0.2, 0.25) is 11.8 Å². The molecule has 3 aliphatic heterocycles. The highest BCUT2D eigenvalue weighted by Gasteiger charge is 2.76. The number of carbonyl (C=O) groups is 4. The quantitative estimate of drug-likeness (QED) is 0.289. The third kappa shape index (κ3) is 4.07. The first kappa shape index (κ1) is 30.8. The smallest absolute Gasteiger partial charge is 0.253 e. The van der Waals surface area contributed by atoms with Crippen LogP contribution in [0.15, 0.2) is 48.0 Å². The van der Waals surface area contributed by atoms with Crippen molar-refractivity contribution in [3.8, 4) is 17.2 Å². The van der Waals surface area contributed by atoms with Gasteiger partial charge in [-0.3, -0.25) is 29.0 Å². The van der Waals surface area contributed by atoms with E-state index in [0.717, 1.165) is 23.7 Å². The van der Waals surface area contributed by atoms with Crippen molar-refractivity contribution in [3.05, 3.63) is 53.6 Å². The lowest BCUT2D eigenvalue weighted by Crippen LogP contribution is -2.60. The fraction of sp³-hybridized carbons (Fsp3) is 0.455. The maximum atomic E-state index is 14.3. The molecule has 3 saturated heterocycles. The highest BCUT2D eigenvalue weighted by molar-refractivity contribution is 6.53. The molecular formula is C33H33Cl2N3O8. The van der Waals surface area contributed by atoms with Crippen molar-refractivity contribution in [2.24, 2.45) is 17.8 Å². The molecule has 3 heterocycles. The number of phenolic OH excluding ortho intramolecular Hbond substituents is 1. The van der Waals surface area contributed by atoms with Crippen LogP contribution in [0, 0.1) is 17.8 Å². The second kappa shape index (κ2) is 10.9. The zero-order valence-electron chi connectivity index (χ0n) is 25.5. The molecule has 4 amide bonds. The summed E-state index contributed by atoms with van der Waals surface area (Å²) >= 11 is 14.5. The van der Waals surface area contributed by atoms with Gasteiger partial charge in [-0.1, -0.05) is 11.6 Å². The van der Waals surface area contributed by atoms with Crippen molar-refractivity contribution < 1.29 is 38.5 Å². The van der Waals surface area contributed by atoms with E-state index in [0.29, 0.717) is 30.2 Å². The van der Waals surface area contributed by atoms with Gasteiger partial charge in [-0.2, -0.15) is 0 Å². The van der Waals surface area contributed by atoms with Crippen LogP contribution in [0.1, 0.15) is 24.3 Å². The predicted octanol–water partition coefficient (Wildman–Crippen LogP) is 3.44. The number of methoxy groups -OCH3 is 2. The number of morpholine rings is 1. The fourth-order valence-corrected chi connectivity index (χ4v) is 9.12. The minimum Gasteiger partial charge on any atom is -0.507 e. The van der Waals surface area contributed by atoms with E-state index in [1.807, 2.05) is 18.2 Å². The molecule has 11 nitrogen and oxygen atoms in total. The number of hydrogen-bond acceptors (Lipinski definition) is 9. The largest absolute Gasteiger partial charge is 0.507 e. The number of imide groups is 2. The van der Waals surface area contributed by atoms with E-state index in [9.17, 15) is 24.3 Å². The predicted molar refractivity (Wildman–Crippen MR) is 169 cm³/mol. The lowest BCUT2D eigenvalue weighted by Gasteiger charge is -2.51. The Hall–Kier alpha value is -3.80. The normalized spacial score (nSPS) is 32.3. The fourth-order valence-electron chi connectivity index (χ4n) is 8.11. The minimum atomic E-state index is -2.06. The Labute approximate surface area is 275 Å². The molecule has 7 rings (SSSR count). The van der Waals surface area contributed by atoms with Crippen molar-refractivity contribution in [2.75, 3.05) is 57.4 Å². The summed E-state index contributed by atoms with van der Waals surface area (Å²) in [5.74, 6) is -5.51. The van der Waals surface area contributed by atoms with Crippen LogP contribution in [-0.2, 0) is 23.9 Å². The molecule has 1 N–H and O–H groups in total. The van der Waals surface area contributed by atoms with Crippen LogP contribution < -0.4 is 19.3 Å². The number of fused-ring (bicyclic) bond motifs is 4. The van der Waals surface area contributed by atoms with Gasteiger partial charge in [0.1, 0.15) is 17.2 Å². The van der Waals surface area contributed by atoms with Crippen molar-refractivity contribution in [3.63, 3.8) is 0 Å². The number of halogens is 2. The van der Waals surface area contributed by atoms with Crippen LogP contribution >= 0.6 is 23.2 Å². The monoisotopic (exact) mass is 669 g/mol. The molecule has 5 aliphatic rings. The highest BCUT2D eigenvalue weighted by atomic mass is 35.5. The number of allylic oxidation sites excluding steroid dienone is 2. The molecule has 0 radical (unpaired) electrons. The number of phenols is 1. The zero-order chi connectivity index (χ0) is 32.7. The Balaban J connectivity index is 1.32. The number of benzene rings is 2. The number of aromatic hydroxyl groups is 1. The molecule has 4 fully saturated rings. The van der Waals surface area contributed by atoms with Gasteiger partial charge >= 0.3 is 0 Å². The first-order valence-corrected chi connectivity index (χ1v) is 15.9. The van der Waals surface area contributed by atoms with E-state index < -0.39 is 51.1 Å². The van der Waals surface area contributed by atoms with Crippen molar-refractivity contribution in [1.29, 1.82) is 0 Å². The van der Waals surface area contributed by atoms with Gasteiger partial charge in [0.25, 0.3) is 11.8 Å². The van der Waals surface area contributed by atoms with Crippen molar-refractivity contribution >= 4 is 58.2 Å². The zero-order valence-corrected chi connectivity index (χ0v) is 27.0. The Morgan fingerprint density at radius 1 is 0.913 bits per heavy atom. The van der Waals surface area contributed by atoms with Crippen LogP contribution in [0.5, 0.6) is 17.2 Å². The summed E-state index contributed by atoms with van der Waals surface area (Å²) in [6, 6.07) is 10.2. The molecule has 2 aromatic carbocycles. The summed E-state index contributed by atoms with van der Waals surface area (Å²) in [5.41, 5.74) is 2.10. The number of anilines is 2. The molecule has 46 heavy (non-hydrogen) atoms. The molecule has 0 unspecified atom stereocenters. The van der Waals surface area contributed by atoms with Gasteiger partial charge < -0.3 is 24.2 Å². The number of rotatable bonds is 5. The number of carbonyl (C=O) groups excluding carboxylic acids is 4. The second-order valence-electron chi connectivity index (χ2n) is 12.4. The van der Waals surface area contributed by atoms with E-state index in [1.165, 1.54) is 32.2 Å². The molecule has 242 valence electrons. The van der Waals surface area contributed by atoms with Gasteiger partial charge in [0.05, 0.1) is 45.0 Å². The lowest BCUT2D eigenvalue weighted by molar-refractivity contribution is -0.138. The first-order valence-electron chi connectivity index (χ1n) is 15.1. The van der Waals surface area contributed by atoms with Crippen LogP contribution in [0.25, 0.3) is 0 Å². The molecule has 6 atom stereocenters. The Kier molecular flexibility index (Phi) is 7.30. The van der Waals surface area contributed by atoms with Crippen LogP contribution in [0.4, 0.5) is 11.4 Å². The average molecular weight is 671 g/mol. The number of alkyl halides is 2. The first-order chi connectivity index (χ1) is 22.0. The molecule has 0 spiro atoms. The molecule has 0 aromatic heterocycles. The maximum absolute atomic E-state index is 14.3.